The predicted octanol–water partition coefficient (Wildman–Crippen LogP) is 3.34. The maximum absolute atomic E-state index is 7.25. The van der Waals surface area contributed by atoms with Crippen LogP contribution >= 0.6 is 0 Å². The van der Waals surface area contributed by atoms with Crippen molar-refractivity contribution in [3.8, 4) is 0 Å². The van der Waals surface area contributed by atoms with E-state index in [1.807, 2.05) is 12.2 Å². The minimum atomic E-state index is 0. The zero-order valence-corrected chi connectivity index (χ0v) is 12.9. The van der Waals surface area contributed by atoms with Gasteiger partial charge in [-0.2, -0.15) is 6.08 Å². The van der Waals surface area contributed by atoms with E-state index in [1.165, 1.54) is 0 Å². The number of allylic oxidation sites excluding steroid dienone is 4. The summed E-state index contributed by atoms with van der Waals surface area (Å²) in [4.78, 5) is 7.25. The molecule has 1 aliphatic rings. The van der Waals surface area contributed by atoms with Gasteiger partial charge >= 0.3 is 21.1 Å². The molecule has 0 aromatic carbocycles. The van der Waals surface area contributed by atoms with Gasteiger partial charge in [-0.1, -0.05) is 0 Å². The van der Waals surface area contributed by atoms with Crippen molar-refractivity contribution in [1.82, 2.24) is 0 Å². The van der Waals surface area contributed by atoms with Gasteiger partial charge in [-0.05, 0) is 0 Å². The second-order valence-electron chi connectivity index (χ2n) is 1.00. The first-order chi connectivity index (χ1) is 3.50. The molecule has 0 aliphatic heterocycles. The molecular weight excluding hydrogens is 334 g/mol. The Morgan fingerprint density at radius 2 is 1.38 bits per heavy atom. The van der Waals surface area contributed by atoms with Gasteiger partial charge in [-0.15, -0.1) is 6.42 Å². The SMILES string of the molecule is [C-]1=CC=CC1.[CH3-].[CH3-].[CH3-].[CH3-].[CH3-].[N-]=O.[WH2]. The number of rotatable bonds is 0. The molecule has 0 bridgehead atoms. The van der Waals surface area contributed by atoms with Crippen molar-refractivity contribution in [1.29, 1.82) is 0 Å². The number of nitroso groups, excluding NO2 is 1. The van der Waals surface area contributed by atoms with Gasteiger partial charge in [0.15, 0.2) is 0 Å². The van der Waals surface area contributed by atoms with Crippen LogP contribution in [0.3, 0.4) is 0 Å². The Labute approximate surface area is 99.5 Å². The molecule has 0 heterocycles. The standard InChI is InChI=1S/C5H5.5CH3.NO.W.2H/c1-2-4-5-3-1;;;;;;1-2;;;/h1-3H,4H2;5*1H3;;;;/q7*-1;;;. The fourth-order valence-corrected chi connectivity index (χ4v) is 0.340. The Hall–Kier alpha value is -0.232. The molecule has 0 atom stereocenters. The van der Waals surface area contributed by atoms with Gasteiger partial charge in [-0.25, -0.2) is 12.2 Å². The summed E-state index contributed by atoms with van der Waals surface area (Å²) in [5.74, 6) is 0. The fourth-order valence-electron chi connectivity index (χ4n) is 0.340. The average molecular weight is 356 g/mol. The number of nitrogens with zero attached hydrogens (tertiary/aromatic N) is 1. The Kier molecular flexibility index (Phi) is 245. The first kappa shape index (κ1) is 53.1. The van der Waals surface area contributed by atoms with E-state index in [0.29, 0.717) is 0 Å². The monoisotopic (exact) mass is 356 g/mol. The third-order valence-corrected chi connectivity index (χ3v) is 0.586. The third kappa shape index (κ3) is 49.4. The van der Waals surface area contributed by atoms with Crippen molar-refractivity contribution >= 4 is 0 Å². The molecule has 2 nitrogen and oxygen atoms in total. The Balaban J connectivity index is -0.00000000859. The molecular formula is C10H22NOW-7. The van der Waals surface area contributed by atoms with E-state index in [1.54, 1.807) is 0 Å². The van der Waals surface area contributed by atoms with Crippen LogP contribution in [-0.4, -0.2) is 0 Å². The minimum absolute atomic E-state index is 0. The summed E-state index contributed by atoms with van der Waals surface area (Å²) in [6, 6.07) is 0. The van der Waals surface area contributed by atoms with E-state index in [9.17, 15) is 0 Å². The molecule has 86 valence electrons. The van der Waals surface area contributed by atoms with E-state index in [4.69, 9.17) is 10.5 Å². The summed E-state index contributed by atoms with van der Waals surface area (Å²) >= 11 is 0. The van der Waals surface area contributed by atoms with Gasteiger partial charge < -0.3 is 47.6 Å². The van der Waals surface area contributed by atoms with Crippen molar-refractivity contribution in [2.24, 2.45) is 0 Å². The summed E-state index contributed by atoms with van der Waals surface area (Å²) in [6.45, 7) is 0. The number of hydrogen-bond acceptors (Lipinski definition) is 1. The zero-order valence-electron chi connectivity index (χ0n) is 9.29. The Morgan fingerprint density at radius 3 is 1.46 bits per heavy atom. The van der Waals surface area contributed by atoms with Crippen LogP contribution in [0.2, 0.25) is 0 Å². The second kappa shape index (κ2) is 60.0. The molecule has 0 N–H and O–H groups in total. The van der Waals surface area contributed by atoms with Gasteiger partial charge in [0, 0.05) is 0 Å². The van der Waals surface area contributed by atoms with Gasteiger partial charge in [0.1, 0.15) is 0 Å². The Bertz CT molecular complexity index is 82.9. The Morgan fingerprint density at radius 1 is 1.00 bits per heavy atom. The van der Waals surface area contributed by atoms with Crippen LogP contribution in [0.4, 0.5) is 0 Å². The molecule has 13 heavy (non-hydrogen) atoms. The van der Waals surface area contributed by atoms with Crippen LogP contribution < -0.4 is 0 Å². The van der Waals surface area contributed by atoms with Crippen LogP contribution in [0.5, 0.6) is 0 Å². The molecule has 0 saturated heterocycles. The first-order valence-corrected chi connectivity index (χ1v) is 1.90. The molecule has 0 radical (unpaired) electrons. The molecule has 0 aromatic heterocycles. The second-order valence-corrected chi connectivity index (χ2v) is 1.00. The molecule has 0 fully saturated rings. The van der Waals surface area contributed by atoms with Gasteiger partial charge in [0.25, 0.3) is 0 Å². The van der Waals surface area contributed by atoms with Crippen LogP contribution in [0.1, 0.15) is 6.42 Å². The van der Waals surface area contributed by atoms with Gasteiger partial charge in [0.05, 0.1) is 0 Å². The van der Waals surface area contributed by atoms with Crippen molar-refractivity contribution in [3.05, 3.63) is 71.9 Å². The number of hydrogen-bond donors (Lipinski definition) is 0. The third-order valence-electron chi connectivity index (χ3n) is 0.586. The van der Waals surface area contributed by atoms with Gasteiger partial charge in [-0.3, -0.25) is 6.08 Å². The van der Waals surface area contributed by atoms with Crippen molar-refractivity contribution in [3.63, 3.8) is 0 Å². The molecule has 0 saturated carbocycles. The van der Waals surface area contributed by atoms with E-state index >= 15 is 0 Å². The van der Waals surface area contributed by atoms with E-state index in [0.717, 1.165) is 6.42 Å². The molecule has 3 heteroatoms. The topological polar surface area (TPSA) is 39.4 Å². The van der Waals surface area contributed by atoms with Gasteiger partial charge in [0.2, 0.25) is 0 Å². The molecule has 0 unspecified atom stereocenters. The van der Waals surface area contributed by atoms with Crippen LogP contribution in [0, 0.1) is 48.1 Å². The first-order valence-electron chi connectivity index (χ1n) is 1.90. The summed E-state index contributed by atoms with van der Waals surface area (Å²) in [7, 11) is 0. The van der Waals surface area contributed by atoms with Crippen LogP contribution in [0.25, 0.3) is 5.59 Å². The summed E-state index contributed by atoms with van der Waals surface area (Å²) in [5, 5.41) is 0. The summed E-state index contributed by atoms with van der Waals surface area (Å²) in [6.07, 6.45) is 10.0. The van der Waals surface area contributed by atoms with E-state index in [-0.39, 0.29) is 58.2 Å². The predicted molar refractivity (Wildman–Crippen MR) is 63.2 cm³/mol. The normalized spacial score (nSPS) is 7.08. The fraction of sp³-hybridized carbons (Fsp3) is 0.100. The molecule has 1 aliphatic carbocycles. The molecule has 0 spiro atoms. The van der Waals surface area contributed by atoms with Crippen LogP contribution in [0.15, 0.2) is 18.2 Å². The van der Waals surface area contributed by atoms with Crippen molar-refractivity contribution in [2.75, 3.05) is 0 Å². The molecule has 0 amide bonds. The molecule has 1 rings (SSSR count). The summed E-state index contributed by atoms with van der Waals surface area (Å²) < 4.78 is 0. The van der Waals surface area contributed by atoms with E-state index in [2.05, 4.69) is 12.2 Å². The molecule has 0 aromatic rings. The summed E-state index contributed by atoms with van der Waals surface area (Å²) in [5.41, 5.74) is 5.75. The van der Waals surface area contributed by atoms with E-state index < -0.39 is 0 Å². The van der Waals surface area contributed by atoms with Crippen molar-refractivity contribution in [2.45, 2.75) is 6.42 Å². The maximum atomic E-state index is 7.25. The van der Waals surface area contributed by atoms with Crippen LogP contribution in [-0.2, 0) is 21.1 Å². The quantitative estimate of drug-likeness (QED) is 0.614. The average Bonchev–Trinajstić information content (AvgIpc) is 2.23. The zero-order chi connectivity index (χ0) is 5.54. The van der Waals surface area contributed by atoms with Crippen molar-refractivity contribution < 1.29 is 21.1 Å².